The molecule has 12 heteroatoms. The second-order valence-electron chi connectivity index (χ2n) is 12.1. The van der Waals surface area contributed by atoms with Crippen molar-refractivity contribution in [2.24, 2.45) is 11.8 Å². The Bertz CT molecular complexity index is 1210. The highest BCUT2D eigenvalue weighted by Gasteiger charge is 2.61. The third kappa shape index (κ3) is 5.64. The molecular formula is C27H37N3O7SSi. The number of β-lactam (4-membered cyclic amide) rings is 1. The van der Waals surface area contributed by atoms with Crippen LogP contribution in [0.1, 0.15) is 46.6 Å². The zero-order valence-corrected chi connectivity index (χ0v) is 25.3. The van der Waals surface area contributed by atoms with Gasteiger partial charge in [0.15, 0.2) is 8.32 Å². The number of amides is 2. The number of nitrogens with one attached hydrogen (secondary N) is 1. The number of nitro benzene ring substituents is 1. The zero-order valence-electron chi connectivity index (χ0n) is 23.5. The normalized spacial score (nSPS) is 25.8. The average molecular weight is 576 g/mol. The number of nitro groups is 1. The molecule has 0 radical (unpaired) electrons. The van der Waals surface area contributed by atoms with Gasteiger partial charge in [0.2, 0.25) is 11.8 Å². The van der Waals surface area contributed by atoms with Crippen LogP contribution >= 0.6 is 11.8 Å². The van der Waals surface area contributed by atoms with Gasteiger partial charge in [-0.3, -0.25) is 19.7 Å². The third-order valence-corrected chi connectivity index (χ3v) is 14.4. The van der Waals surface area contributed by atoms with Crippen LogP contribution in [-0.2, 0) is 30.2 Å². The van der Waals surface area contributed by atoms with Gasteiger partial charge in [-0.15, -0.1) is 11.8 Å². The molecule has 1 aromatic carbocycles. The fourth-order valence-electron chi connectivity index (χ4n) is 5.14. The van der Waals surface area contributed by atoms with Gasteiger partial charge in [0, 0.05) is 41.2 Å². The number of carbonyl (C=O) groups is 3. The number of hydrogen-bond donors (Lipinski definition) is 1. The summed E-state index contributed by atoms with van der Waals surface area (Å²) in [4.78, 5) is 51.6. The first kappa shape index (κ1) is 29.3. The van der Waals surface area contributed by atoms with Crippen LogP contribution in [0, 0.1) is 22.0 Å². The van der Waals surface area contributed by atoms with Crippen molar-refractivity contribution in [3.8, 4) is 0 Å². The third-order valence-electron chi connectivity index (χ3n) is 8.33. The van der Waals surface area contributed by atoms with Crippen LogP contribution < -0.4 is 5.32 Å². The molecule has 4 rings (SSSR count). The van der Waals surface area contributed by atoms with E-state index in [0.29, 0.717) is 18.5 Å². The van der Waals surface area contributed by atoms with Crippen LogP contribution in [0.15, 0.2) is 34.9 Å². The molecule has 3 heterocycles. The predicted molar refractivity (Wildman–Crippen MR) is 150 cm³/mol. The van der Waals surface area contributed by atoms with Gasteiger partial charge in [-0.2, -0.15) is 0 Å². The number of benzene rings is 1. The number of rotatable bonds is 9. The molecule has 10 nitrogen and oxygen atoms in total. The fourth-order valence-corrected chi connectivity index (χ4v) is 7.98. The van der Waals surface area contributed by atoms with Gasteiger partial charge >= 0.3 is 5.97 Å². The summed E-state index contributed by atoms with van der Waals surface area (Å²) in [6.45, 7) is 15.2. The second-order valence-corrected chi connectivity index (χ2v) is 18.2. The number of esters is 1. The van der Waals surface area contributed by atoms with Crippen molar-refractivity contribution in [2.75, 3.05) is 6.54 Å². The Balaban J connectivity index is 1.55. The lowest BCUT2D eigenvalue weighted by atomic mass is 9.79. The van der Waals surface area contributed by atoms with Gasteiger partial charge in [-0.1, -0.05) is 27.7 Å². The lowest BCUT2D eigenvalue weighted by molar-refractivity contribution is -0.384. The van der Waals surface area contributed by atoms with E-state index in [1.165, 1.54) is 36.0 Å². The van der Waals surface area contributed by atoms with Crippen LogP contribution in [0.3, 0.4) is 0 Å². The molecular weight excluding hydrogens is 538 g/mol. The Morgan fingerprint density at radius 1 is 1.26 bits per heavy atom. The highest BCUT2D eigenvalue weighted by atomic mass is 32.2. The van der Waals surface area contributed by atoms with Gasteiger partial charge < -0.3 is 19.4 Å². The van der Waals surface area contributed by atoms with Crippen LogP contribution in [0.25, 0.3) is 0 Å². The van der Waals surface area contributed by atoms with Crippen LogP contribution in [0.4, 0.5) is 5.69 Å². The highest BCUT2D eigenvalue weighted by Crippen LogP contribution is 2.53. The molecule has 1 aromatic rings. The molecule has 2 fully saturated rings. The topological polar surface area (TPSA) is 128 Å². The zero-order chi connectivity index (χ0) is 28.9. The Labute approximate surface area is 234 Å². The number of hydrogen-bond acceptors (Lipinski definition) is 8. The largest absolute Gasteiger partial charge is 0.456 e. The van der Waals surface area contributed by atoms with E-state index in [1.54, 1.807) is 4.90 Å². The average Bonchev–Trinajstić information content (AvgIpc) is 3.35. The van der Waals surface area contributed by atoms with Gasteiger partial charge in [-0.25, -0.2) is 4.79 Å². The monoisotopic (exact) mass is 575 g/mol. The minimum absolute atomic E-state index is 0.0108. The molecule has 0 saturated carbocycles. The Hall–Kier alpha value is -2.70. The van der Waals surface area contributed by atoms with Crippen LogP contribution in [0.2, 0.25) is 18.1 Å². The standard InChI is InChI=1S/C27H37N3O7SSi/c1-15-22-21(16(2)37-39(6,7)27(3,4)5)25(32)29(22)23(24(15)38-19-12-20(31)28-13-19)26(33)36-14-17-8-10-18(11-9-17)30(34)35/h8-11,15-16,19,21-22H,12-14H2,1-7H3,(H,28,31)/t15-,16-,19-,21-,22-/m1/s1. The molecule has 39 heavy (non-hydrogen) atoms. The number of fused-ring (bicyclic) bond motifs is 1. The van der Waals surface area contributed by atoms with Crippen molar-refractivity contribution in [2.45, 2.75) is 83.2 Å². The molecule has 2 amide bonds. The van der Waals surface area contributed by atoms with E-state index < -0.39 is 19.2 Å². The minimum atomic E-state index is -2.13. The van der Waals surface area contributed by atoms with E-state index in [9.17, 15) is 24.5 Å². The second kappa shape index (κ2) is 10.7. The van der Waals surface area contributed by atoms with Gasteiger partial charge in [0.1, 0.15) is 12.3 Å². The SMILES string of the molecule is C[C@@H](O[Si](C)(C)C(C)(C)C)[C@H]1C(=O)N2C(C(=O)OCc3ccc([N+](=O)[O-])cc3)=C(S[C@H]3CNC(=O)C3)[C@H](C)[C@H]12. The van der Waals surface area contributed by atoms with E-state index in [4.69, 9.17) is 9.16 Å². The number of thioether (sulfide) groups is 1. The van der Waals surface area contributed by atoms with E-state index in [-0.39, 0.29) is 64.1 Å². The first-order chi connectivity index (χ1) is 18.1. The Kier molecular flexibility index (Phi) is 8.03. The van der Waals surface area contributed by atoms with E-state index in [1.807, 2.05) is 13.8 Å². The molecule has 0 aromatic heterocycles. The Morgan fingerprint density at radius 3 is 2.44 bits per heavy atom. The highest BCUT2D eigenvalue weighted by molar-refractivity contribution is 8.03. The van der Waals surface area contributed by atoms with Crippen molar-refractivity contribution in [1.82, 2.24) is 10.2 Å². The van der Waals surface area contributed by atoms with Crippen molar-refractivity contribution in [3.05, 3.63) is 50.5 Å². The van der Waals surface area contributed by atoms with Crippen molar-refractivity contribution in [3.63, 3.8) is 0 Å². The minimum Gasteiger partial charge on any atom is -0.456 e. The number of non-ortho nitro benzene ring substituents is 1. The number of carbonyl (C=O) groups excluding carboxylic acids is 3. The molecule has 1 N–H and O–H groups in total. The van der Waals surface area contributed by atoms with Crippen LogP contribution in [-0.4, -0.2) is 59.9 Å². The molecule has 212 valence electrons. The van der Waals surface area contributed by atoms with E-state index in [0.717, 1.165) is 4.91 Å². The molecule has 0 unspecified atom stereocenters. The fraction of sp³-hybridized carbons (Fsp3) is 0.593. The summed E-state index contributed by atoms with van der Waals surface area (Å²) in [6, 6.07) is 5.56. The van der Waals surface area contributed by atoms with E-state index in [2.05, 4.69) is 39.2 Å². The predicted octanol–water partition coefficient (Wildman–Crippen LogP) is 4.36. The molecule has 3 aliphatic rings. The molecule has 0 bridgehead atoms. The first-order valence-corrected chi connectivity index (χ1v) is 17.0. The smallest absolute Gasteiger partial charge is 0.356 e. The molecule has 5 atom stereocenters. The molecule has 0 aliphatic carbocycles. The van der Waals surface area contributed by atoms with Gasteiger partial charge in [0.25, 0.3) is 5.69 Å². The summed E-state index contributed by atoms with van der Waals surface area (Å²) in [7, 11) is -2.13. The summed E-state index contributed by atoms with van der Waals surface area (Å²) in [5.41, 5.74) is 0.783. The van der Waals surface area contributed by atoms with Gasteiger partial charge in [-0.05, 0) is 42.8 Å². The molecule has 2 saturated heterocycles. The lowest BCUT2D eigenvalue weighted by Gasteiger charge is -2.50. The summed E-state index contributed by atoms with van der Waals surface area (Å²) < 4.78 is 12.2. The number of nitrogens with zero attached hydrogens (tertiary/aromatic N) is 2. The van der Waals surface area contributed by atoms with Crippen LogP contribution in [0.5, 0.6) is 0 Å². The van der Waals surface area contributed by atoms with Gasteiger partial charge in [0.05, 0.1) is 23.0 Å². The molecule has 3 aliphatic heterocycles. The van der Waals surface area contributed by atoms with Crippen molar-refractivity contribution < 1.29 is 28.5 Å². The lowest BCUT2D eigenvalue weighted by Crippen LogP contribution is -2.65. The molecule has 0 spiro atoms. The summed E-state index contributed by atoms with van der Waals surface area (Å²) in [5, 5.41) is 13.7. The maximum absolute atomic E-state index is 13.6. The summed E-state index contributed by atoms with van der Waals surface area (Å²) in [6.07, 6.45) is 0.0393. The summed E-state index contributed by atoms with van der Waals surface area (Å²) >= 11 is 1.47. The van der Waals surface area contributed by atoms with Crippen molar-refractivity contribution in [1.29, 1.82) is 0 Å². The number of ether oxygens (including phenoxy) is 1. The van der Waals surface area contributed by atoms with E-state index >= 15 is 0 Å². The maximum Gasteiger partial charge on any atom is 0.356 e. The van der Waals surface area contributed by atoms with Crippen molar-refractivity contribution >= 4 is 43.6 Å². The first-order valence-electron chi connectivity index (χ1n) is 13.2. The Morgan fingerprint density at radius 2 is 1.90 bits per heavy atom. The summed E-state index contributed by atoms with van der Waals surface area (Å²) in [5.74, 6) is -1.31. The quantitative estimate of drug-likeness (QED) is 0.151. The maximum atomic E-state index is 13.6.